The zero-order valence-electron chi connectivity index (χ0n) is 20.1. The van der Waals surface area contributed by atoms with E-state index in [9.17, 15) is 18.9 Å². The molecule has 198 valence electrons. The minimum Gasteiger partial charge on any atom is -0.462 e. The summed E-state index contributed by atoms with van der Waals surface area (Å²) in [5.41, 5.74) is -3.54. The molecular weight excluding hydrogens is 564 g/mol. The Morgan fingerprint density at radius 1 is 1.33 bits per heavy atom. The maximum absolute atomic E-state index is 15.4. The molecule has 1 fully saturated rings. The van der Waals surface area contributed by atoms with Gasteiger partial charge in [0.15, 0.2) is 11.9 Å². The van der Waals surface area contributed by atoms with E-state index in [4.69, 9.17) is 18.5 Å². The second-order valence-corrected chi connectivity index (χ2v) is 11.3. The van der Waals surface area contributed by atoms with Crippen molar-refractivity contribution in [3.05, 3.63) is 61.8 Å². The minimum atomic E-state index is -4.18. The van der Waals surface area contributed by atoms with E-state index in [0.717, 1.165) is 10.8 Å². The molecule has 1 saturated heterocycles. The van der Waals surface area contributed by atoms with Gasteiger partial charge in [0.1, 0.15) is 11.8 Å². The lowest BCUT2D eigenvalue weighted by molar-refractivity contribution is -0.149. The number of nitrogens with zero attached hydrogens (tertiary/aromatic N) is 1. The van der Waals surface area contributed by atoms with Gasteiger partial charge in [0, 0.05) is 12.6 Å². The quantitative estimate of drug-likeness (QED) is 0.314. The van der Waals surface area contributed by atoms with E-state index < -0.39 is 55.6 Å². The molecule has 1 aliphatic heterocycles. The molecule has 2 aromatic rings. The van der Waals surface area contributed by atoms with Crippen LogP contribution in [0.4, 0.5) is 4.39 Å². The van der Waals surface area contributed by atoms with E-state index in [1.807, 2.05) is 0 Å². The molecule has 0 amide bonds. The van der Waals surface area contributed by atoms with Crippen LogP contribution in [0.25, 0.3) is 0 Å². The number of ether oxygens (including phenoxy) is 2. The first-order valence-corrected chi connectivity index (χ1v) is 13.5. The normalized spacial score (nSPS) is 24.3. The van der Waals surface area contributed by atoms with E-state index in [1.165, 1.54) is 13.8 Å². The fourth-order valence-corrected chi connectivity index (χ4v) is 5.36. The van der Waals surface area contributed by atoms with Crippen molar-refractivity contribution in [3.8, 4) is 5.75 Å². The molecule has 0 saturated carbocycles. The first kappa shape index (κ1) is 28.3. The third kappa shape index (κ3) is 7.13. The first-order chi connectivity index (χ1) is 16.8. The number of esters is 1. The highest BCUT2D eigenvalue weighted by Gasteiger charge is 2.48. The number of hydrogen-bond acceptors (Lipinski definition) is 8. The van der Waals surface area contributed by atoms with Gasteiger partial charge in [0.25, 0.3) is 5.56 Å². The Bertz CT molecular complexity index is 1240. The van der Waals surface area contributed by atoms with Crippen molar-refractivity contribution >= 4 is 29.6 Å². The predicted molar refractivity (Wildman–Crippen MR) is 132 cm³/mol. The average Bonchev–Trinajstić information content (AvgIpc) is 3.09. The lowest BCUT2D eigenvalue weighted by atomic mass is 10.0. The molecule has 5 atom stereocenters. The van der Waals surface area contributed by atoms with Crippen LogP contribution in [0.2, 0.25) is 0 Å². The number of halogens is 2. The molecule has 1 aromatic carbocycles. The maximum Gasteiger partial charge on any atom is 0.459 e. The molecule has 11 nitrogen and oxygen atoms in total. The Kier molecular flexibility index (Phi) is 8.94. The largest absolute Gasteiger partial charge is 0.462 e. The van der Waals surface area contributed by atoms with Crippen molar-refractivity contribution in [3.63, 3.8) is 0 Å². The molecule has 14 heteroatoms. The Morgan fingerprint density at radius 2 is 2.00 bits per heavy atom. The monoisotopic (exact) mass is 591 g/mol. The van der Waals surface area contributed by atoms with Gasteiger partial charge >= 0.3 is 19.4 Å². The van der Waals surface area contributed by atoms with E-state index in [2.05, 4.69) is 26.0 Å². The van der Waals surface area contributed by atoms with Crippen LogP contribution in [0.5, 0.6) is 5.75 Å². The molecule has 1 unspecified atom stereocenters. The van der Waals surface area contributed by atoms with Crippen molar-refractivity contribution in [1.82, 2.24) is 14.6 Å². The fraction of sp³-hybridized carbons (Fsp3) is 0.500. The van der Waals surface area contributed by atoms with Gasteiger partial charge in [-0.15, -0.1) is 0 Å². The lowest BCUT2D eigenvalue weighted by Crippen LogP contribution is -2.38. The fourth-order valence-electron chi connectivity index (χ4n) is 3.52. The summed E-state index contributed by atoms with van der Waals surface area (Å²) in [5, 5.41) is 2.54. The molecule has 3 rings (SSSR count). The first-order valence-electron chi connectivity index (χ1n) is 11.1. The third-order valence-electron chi connectivity index (χ3n) is 5.10. The summed E-state index contributed by atoms with van der Waals surface area (Å²) in [6.45, 7) is 5.64. The van der Waals surface area contributed by atoms with Crippen molar-refractivity contribution < 1.29 is 32.3 Å². The molecule has 0 spiro atoms. The van der Waals surface area contributed by atoms with Gasteiger partial charge in [0.2, 0.25) is 0 Å². The second kappa shape index (κ2) is 11.4. The second-order valence-electron chi connectivity index (χ2n) is 8.77. The number of carbonyl (C=O) groups excluding carboxylic acids is 1. The Labute approximate surface area is 215 Å². The number of H-pyrrole nitrogens is 1. The molecule has 0 radical (unpaired) electrons. The summed E-state index contributed by atoms with van der Waals surface area (Å²) >= 11 is 3.01. The van der Waals surface area contributed by atoms with Crippen molar-refractivity contribution in [1.29, 1.82) is 0 Å². The topological polar surface area (TPSA) is 138 Å². The number of nitrogens with one attached hydrogen (secondary N) is 2. The lowest BCUT2D eigenvalue weighted by Gasteiger charge is -2.24. The molecule has 1 aromatic heterocycles. The SMILES string of the molecule is CC(C)OC(=O)[C@@H](C)NP(=O)(OC[C@@H]1C[C@@](C)(F)[C@H](n2cc(Br)c(=O)[nH]c2=O)O1)Oc1ccccc1. The van der Waals surface area contributed by atoms with Crippen LogP contribution in [0, 0.1) is 0 Å². The van der Waals surface area contributed by atoms with Crippen LogP contribution in [0.3, 0.4) is 0 Å². The van der Waals surface area contributed by atoms with E-state index in [-0.39, 0.29) is 22.7 Å². The molecule has 0 bridgehead atoms. The number of rotatable bonds is 10. The zero-order chi connectivity index (χ0) is 26.7. The van der Waals surface area contributed by atoms with Crippen LogP contribution in [-0.4, -0.2) is 46.0 Å². The van der Waals surface area contributed by atoms with Gasteiger partial charge in [-0.3, -0.25) is 23.7 Å². The number of para-hydroxylation sites is 1. The highest BCUT2D eigenvalue weighted by Crippen LogP contribution is 2.47. The maximum atomic E-state index is 15.4. The summed E-state index contributed by atoms with van der Waals surface area (Å²) in [6, 6.07) is 7.11. The number of carbonyl (C=O) groups is 1. The molecular formula is C22H28BrFN3O8P. The van der Waals surface area contributed by atoms with Crippen LogP contribution >= 0.6 is 23.7 Å². The van der Waals surface area contributed by atoms with Gasteiger partial charge < -0.3 is 14.0 Å². The third-order valence-corrected chi connectivity index (χ3v) is 7.30. The smallest absolute Gasteiger partial charge is 0.459 e. The number of aromatic nitrogens is 2. The van der Waals surface area contributed by atoms with E-state index >= 15 is 4.39 Å². The number of hydrogen-bond donors (Lipinski definition) is 2. The molecule has 2 N–H and O–H groups in total. The zero-order valence-corrected chi connectivity index (χ0v) is 22.6. The van der Waals surface area contributed by atoms with Crippen molar-refractivity contribution in [2.75, 3.05) is 6.61 Å². The standard InChI is InChI=1S/C22H28BrFN3O8P/c1-13(2)33-19(29)14(3)26-36(31,35-15-8-6-5-7-9-15)32-12-16-10-22(4,24)20(34-16)27-11-17(23)18(28)25-21(27)30/h5-9,11,13-14,16,20H,10,12H2,1-4H3,(H,26,31)(H,25,28,30)/t14-,16+,20-,22-,36?/m1/s1. The Morgan fingerprint density at radius 3 is 2.64 bits per heavy atom. The highest BCUT2D eigenvalue weighted by atomic mass is 79.9. The molecule has 2 heterocycles. The number of alkyl halides is 1. The van der Waals surface area contributed by atoms with Gasteiger partial charge in [0.05, 0.1) is 23.3 Å². The van der Waals surface area contributed by atoms with Gasteiger partial charge in [-0.2, -0.15) is 5.09 Å². The molecule has 36 heavy (non-hydrogen) atoms. The summed E-state index contributed by atoms with van der Waals surface area (Å²) in [4.78, 5) is 38.2. The van der Waals surface area contributed by atoms with E-state index in [0.29, 0.717) is 0 Å². The van der Waals surface area contributed by atoms with Gasteiger partial charge in [-0.25, -0.2) is 13.8 Å². The molecule has 0 aliphatic carbocycles. The summed E-state index contributed by atoms with van der Waals surface area (Å²) in [5.74, 6) is -0.454. The highest BCUT2D eigenvalue weighted by molar-refractivity contribution is 9.10. The van der Waals surface area contributed by atoms with Crippen LogP contribution in [0.1, 0.15) is 40.3 Å². The van der Waals surface area contributed by atoms with E-state index in [1.54, 1.807) is 44.2 Å². The summed E-state index contributed by atoms with van der Waals surface area (Å²) < 4.78 is 51.9. The summed E-state index contributed by atoms with van der Waals surface area (Å²) in [6.07, 6.45) is -1.78. The minimum absolute atomic E-state index is 0.0217. The van der Waals surface area contributed by atoms with Crippen LogP contribution < -0.4 is 20.9 Å². The summed E-state index contributed by atoms with van der Waals surface area (Å²) in [7, 11) is -4.18. The molecule has 1 aliphatic rings. The predicted octanol–water partition coefficient (Wildman–Crippen LogP) is 3.45. The van der Waals surface area contributed by atoms with Crippen molar-refractivity contribution in [2.45, 2.75) is 64.3 Å². The Balaban J connectivity index is 1.77. The Hall–Kier alpha value is -2.31. The number of benzene rings is 1. The van der Waals surface area contributed by atoms with Crippen LogP contribution in [-0.2, 0) is 23.4 Å². The van der Waals surface area contributed by atoms with Gasteiger partial charge in [-0.05, 0) is 55.8 Å². The van der Waals surface area contributed by atoms with Gasteiger partial charge in [-0.1, -0.05) is 18.2 Å². The van der Waals surface area contributed by atoms with Crippen LogP contribution in [0.15, 0.2) is 50.6 Å². The average molecular weight is 592 g/mol. The number of aromatic amines is 1. The van der Waals surface area contributed by atoms with Crippen molar-refractivity contribution in [2.24, 2.45) is 0 Å².